The first-order valence-electron chi connectivity index (χ1n) is 8.99. The summed E-state index contributed by atoms with van der Waals surface area (Å²) in [5, 5.41) is 8.84. The second-order valence-electron chi connectivity index (χ2n) is 6.41. The summed E-state index contributed by atoms with van der Waals surface area (Å²) in [4.78, 5) is 24.1. The van der Waals surface area contributed by atoms with Gasteiger partial charge in [0.05, 0.1) is 6.54 Å². The van der Waals surface area contributed by atoms with E-state index in [0.29, 0.717) is 17.8 Å². The zero-order valence-electron chi connectivity index (χ0n) is 15.7. The molecule has 0 heterocycles. The van der Waals surface area contributed by atoms with Crippen molar-refractivity contribution in [1.29, 1.82) is 0 Å². The Balaban J connectivity index is 1.84. The molecule has 2 amide bonds. The molecule has 0 aliphatic carbocycles. The van der Waals surface area contributed by atoms with Crippen molar-refractivity contribution < 1.29 is 9.59 Å². The largest absolute Gasteiger partial charge is 0.376 e. The lowest BCUT2D eigenvalue weighted by Gasteiger charge is -2.11. The van der Waals surface area contributed by atoms with Crippen LogP contribution in [0.5, 0.6) is 0 Å². The Morgan fingerprint density at radius 1 is 1.00 bits per heavy atom. The smallest absolute Gasteiger partial charge is 0.251 e. The van der Waals surface area contributed by atoms with Crippen molar-refractivity contribution in [1.82, 2.24) is 5.32 Å². The van der Waals surface area contributed by atoms with Crippen LogP contribution in [0.1, 0.15) is 41.3 Å². The van der Waals surface area contributed by atoms with Gasteiger partial charge in [-0.1, -0.05) is 31.0 Å². The molecule has 3 N–H and O–H groups in total. The summed E-state index contributed by atoms with van der Waals surface area (Å²) in [5.41, 5.74) is 4.51. The number of carbonyl (C=O) groups excluding carboxylic acids is 2. The predicted molar refractivity (Wildman–Crippen MR) is 107 cm³/mol. The first kappa shape index (κ1) is 19.5. The van der Waals surface area contributed by atoms with Gasteiger partial charge in [0.2, 0.25) is 5.91 Å². The molecule has 26 heavy (non-hydrogen) atoms. The third kappa shape index (κ3) is 5.92. The molecule has 0 unspecified atom stereocenters. The maximum absolute atomic E-state index is 12.1. The molecule has 138 valence electrons. The predicted octanol–water partition coefficient (Wildman–Crippen LogP) is 3.88. The Morgan fingerprint density at radius 2 is 1.73 bits per heavy atom. The van der Waals surface area contributed by atoms with Crippen molar-refractivity contribution in [2.24, 2.45) is 0 Å². The van der Waals surface area contributed by atoms with Crippen molar-refractivity contribution in [3.63, 3.8) is 0 Å². The highest BCUT2D eigenvalue weighted by molar-refractivity contribution is 5.96. The van der Waals surface area contributed by atoms with E-state index < -0.39 is 0 Å². The molecule has 0 spiro atoms. The van der Waals surface area contributed by atoms with Crippen molar-refractivity contribution in [2.45, 2.75) is 33.6 Å². The number of hydrogen-bond donors (Lipinski definition) is 3. The van der Waals surface area contributed by atoms with Gasteiger partial charge in [0.15, 0.2) is 0 Å². The molecular formula is C21H27N3O2. The Labute approximate surface area is 155 Å². The van der Waals surface area contributed by atoms with Crippen LogP contribution in [0.3, 0.4) is 0 Å². The normalized spacial score (nSPS) is 10.3. The Kier molecular flexibility index (Phi) is 7.21. The molecule has 2 rings (SSSR count). The van der Waals surface area contributed by atoms with Gasteiger partial charge in [-0.15, -0.1) is 0 Å². The van der Waals surface area contributed by atoms with Crippen LogP contribution in [0.25, 0.3) is 0 Å². The lowest BCUT2D eigenvalue weighted by Crippen LogP contribution is -2.24. The van der Waals surface area contributed by atoms with Crippen LogP contribution in [0, 0.1) is 13.8 Å². The van der Waals surface area contributed by atoms with Gasteiger partial charge in [-0.25, -0.2) is 0 Å². The number of hydrogen-bond acceptors (Lipinski definition) is 3. The third-order valence-corrected chi connectivity index (χ3v) is 4.07. The van der Waals surface area contributed by atoms with Crippen molar-refractivity contribution in [3.05, 3.63) is 59.2 Å². The highest BCUT2D eigenvalue weighted by Gasteiger charge is 2.07. The standard InChI is InChI=1S/C21H27N3O2/c1-4-5-12-22-21(26)17-7-9-18(10-8-17)24-20(25)14-23-19-11-6-15(2)13-16(19)3/h6-11,13,23H,4-5,12,14H2,1-3H3,(H,22,26)(H,24,25). The molecule has 2 aromatic carbocycles. The molecule has 0 bridgehead atoms. The lowest BCUT2D eigenvalue weighted by atomic mass is 10.1. The quantitative estimate of drug-likeness (QED) is 0.631. The fourth-order valence-electron chi connectivity index (χ4n) is 2.58. The molecule has 0 fully saturated rings. The molecular weight excluding hydrogens is 326 g/mol. The zero-order chi connectivity index (χ0) is 18.9. The molecule has 0 aromatic heterocycles. The SMILES string of the molecule is CCCCNC(=O)c1ccc(NC(=O)CNc2ccc(C)cc2C)cc1. The van der Waals surface area contributed by atoms with Gasteiger partial charge in [-0.3, -0.25) is 9.59 Å². The van der Waals surface area contributed by atoms with E-state index in [0.717, 1.165) is 24.1 Å². The molecule has 5 heteroatoms. The van der Waals surface area contributed by atoms with E-state index in [1.165, 1.54) is 5.56 Å². The summed E-state index contributed by atoms with van der Waals surface area (Å²) in [7, 11) is 0. The van der Waals surface area contributed by atoms with Gasteiger partial charge < -0.3 is 16.0 Å². The van der Waals surface area contributed by atoms with Gasteiger partial charge in [0, 0.05) is 23.5 Å². The fraction of sp³-hybridized carbons (Fsp3) is 0.333. The number of unbranched alkanes of at least 4 members (excludes halogenated alkanes) is 1. The summed E-state index contributed by atoms with van der Waals surface area (Å²) in [6, 6.07) is 13.0. The summed E-state index contributed by atoms with van der Waals surface area (Å²) >= 11 is 0. The van der Waals surface area contributed by atoms with E-state index >= 15 is 0 Å². The summed E-state index contributed by atoms with van der Waals surface area (Å²) in [6.07, 6.45) is 2.01. The monoisotopic (exact) mass is 353 g/mol. The summed E-state index contributed by atoms with van der Waals surface area (Å²) < 4.78 is 0. The molecule has 0 aliphatic heterocycles. The number of anilines is 2. The van der Waals surface area contributed by atoms with Gasteiger partial charge in [0.1, 0.15) is 0 Å². The Morgan fingerprint density at radius 3 is 2.38 bits per heavy atom. The van der Waals surface area contributed by atoms with E-state index in [1.54, 1.807) is 24.3 Å². The number of aryl methyl sites for hydroxylation is 2. The average Bonchev–Trinajstić information content (AvgIpc) is 2.61. The minimum Gasteiger partial charge on any atom is -0.376 e. The van der Waals surface area contributed by atoms with Crippen LogP contribution in [0.15, 0.2) is 42.5 Å². The first-order chi connectivity index (χ1) is 12.5. The average molecular weight is 353 g/mol. The Hall–Kier alpha value is -2.82. The molecule has 5 nitrogen and oxygen atoms in total. The molecule has 2 aromatic rings. The highest BCUT2D eigenvalue weighted by Crippen LogP contribution is 2.16. The summed E-state index contributed by atoms with van der Waals surface area (Å²) in [6.45, 7) is 6.99. The van der Waals surface area contributed by atoms with Gasteiger partial charge in [-0.2, -0.15) is 0 Å². The first-order valence-corrected chi connectivity index (χ1v) is 8.99. The van der Waals surface area contributed by atoms with Gasteiger partial charge in [-0.05, 0) is 56.2 Å². The number of nitrogens with one attached hydrogen (secondary N) is 3. The van der Waals surface area contributed by atoms with Crippen LogP contribution >= 0.6 is 0 Å². The zero-order valence-corrected chi connectivity index (χ0v) is 15.7. The molecule has 0 atom stereocenters. The third-order valence-electron chi connectivity index (χ3n) is 4.07. The van der Waals surface area contributed by atoms with Crippen molar-refractivity contribution in [2.75, 3.05) is 23.7 Å². The molecule has 0 saturated carbocycles. The molecule has 0 saturated heterocycles. The highest BCUT2D eigenvalue weighted by atomic mass is 16.2. The number of benzene rings is 2. The fourth-order valence-corrected chi connectivity index (χ4v) is 2.58. The minimum atomic E-state index is -0.134. The van der Waals surface area contributed by atoms with Crippen LogP contribution in [0.4, 0.5) is 11.4 Å². The van der Waals surface area contributed by atoms with Crippen LogP contribution in [-0.2, 0) is 4.79 Å². The topological polar surface area (TPSA) is 70.2 Å². The van der Waals surface area contributed by atoms with Crippen molar-refractivity contribution >= 4 is 23.2 Å². The van der Waals surface area contributed by atoms with Gasteiger partial charge >= 0.3 is 0 Å². The second-order valence-corrected chi connectivity index (χ2v) is 6.41. The van der Waals surface area contributed by atoms with Crippen LogP contribution < -0.4 is 16.0 Å². The van der Waals surface area contributed by atoms with Crippen LogP contribution in [0.2, 0.25) is 0 Å². The Bertz CT molecular complexity index is 754. The molecule has 0 aliphatic rings. The van der Waals surface area contributed by atoms with E-state index in [9.17, 15) is 9.59 Å². The lowest BCUT2D eigenvalue weighted by molar-refractivity contribution is -0.114. The van der Waals surface area contributed by atoms with E-state index in [2.05, 4.69) is 28.9 Å². The number of amides is 2. The van der Waals surface area contributed by atoms with E-state index in [4.69, 9.17) is 0 Å². The van der Waals surface area contributed by atoms with Gasteiger partial charge in [0.25, 0.3) is 5.91 Å². The van der Waals surface area contributed by atoms with Crippen molar-refractivity contribution in [3.8, 4) is 0 Å². The second kappa shape index (κ2) is 9.61. The molecule has 0 radical (unpaired) electrons. The number of carbonyl (C=O) groups is 2. The minimum absolute atomic E-state index is 0.0900. The van der Waals surface area contributed by atoms with Crippen LogP contribution in [-0.4, -0.2) is 24.9 Å². The number of rotatable bonds is 8. The maximum Gasteiger partial charge on any atom is 0.251 e. The summed E-state index contributed by atoms with van der Waals surface area (Å²) in [5.74, 6) is -0.224. The van der Waals surface area contributed by atoms with E-state index in [1.807, 2.05) is 26.0 Å². The maximum atomic E-state index is 12.1. The van der Waals surface area contributed by atoms with E-state index in [-0.39, 0.29) is 18.4 Å².